The van der Waals surface area contributed by atoms with E-state index in [1.165, 1.54) is 134 Å². The van der Waals surface area contributed by atoms with Gasteiger partial charge in [0.05, 0.1) is 11.4 Å². The average Bonchev–Trinajstić information content (AvgIpc) is 1.55. The van der Waals surface area contributed by atoms with Crippen molar-refractivity contribution in [2.24, 2.45) is 0 Å². The molecular formula is C104H68N2S2. The molecule has 20 aromatic rings. The zero-order valence-electron chi connectivity index (χ0n) is 59.0. The summed E-state index contributed by atoms with van der Waals surface area (Å²) in [6, 6.07) is 152. The van der Waals surface area contributed by atoms with Gasteiger partial charge in [-0.05, 0) is 208 Å². The van der Waals surface area contributed by atoms with Crippen molar-refractivity contribution in [3.05, 3.63) is 413 Å². The van der Waals surface area contributed by atoms with Crippen LogP contribution in [0.4, 0.5) is 34.1 Å². The van der Waals surface area contributed by atoms with Gasteiger partial charge < -0.3 is 9.80 Å². The summed E-state index contributed by atoms with van der Waals surface area (Å²) in [4.78, 5) is 4.87. The minimum Gasteiger partial charge on any atom is -0.310 e. The summed E-state index contributed by atoms with van der Waals surface area (Å²) in [6.45, 7) is 0. The summed E-state index contributed by atoms with van der Waals surface area (Å²) in [7, 11) is 0. The van der Waals surface area contributed by atoms with E-state index in [-0.39, 0.29) is 0 Å². The summed E-state index contributed by atoms with van der Waals surface area (Å²) in [5.74, 6) is 0. The zero-order valence-corrected chi connectivity index (χ0v) is 60.6. The molecule has 0 saturated carbocycles. The Labute approximate surface area is 636 Å². The molecule has 0 bridgehead atoms. The highest BCUT2D eigenvalue weighted by Crippen LogP contribution is 2.50. The fraction of sp³-hybridized carbons (Fsp3) is 0. The van der Waals surface area contributed by atoms with E-state index in [0.717, 1.165) is 61.9 Å². The predicted octanol–water partition coefficient (Wildman–Crippen LogP) is 30.7. The molecule has 0 amide bonds. The van der Waals surface area contributed by atoms with E-state index in [1.54, 1.807) is 0 Å². The summed E-state index contributed by atoms with van der Waals surface area (Å²) >= 11 is 3.73. The molecule has 0 unspecified atom stereocenters. The molecule has 2 aromatic heterocycles. The van der Waals surface area contributed by atoms with Crippen molar-refractivity contribution in [2.75, 3.05) is 9.80 Å². The average molecular weight is 1410 g/mol. The topological polar surface area (TPSA) is 6.48 Å². The Kier molecular flexibility index (Phi) is 16.4. The van der Waals surface area contributed by atoms with E-state index in [4.69, 9.17) is 0 Å². The number of anilines is 6. The molecule has 20 rings (SSSR count). The first-order chi connectivity index (χ1) is 53.5. The third-order valence-electron chi connectivity index (χ3n) is 21.5. The zero-order chi connectivity index (χ0) is 71.4. The van der Waals surface area contributed by atoms with Crippen LogP contribution in [0, 0.1) is 0 Å². The van der Waals surface area contributed by atoms with Crippen molar-refractivity contribution in [1.82, 2.24) is 0 Å². The highest BCUT2D eigenvalue weighted by atomic mass is 32.1. The Morgan fingerprint density at radius 3 is 1.06 bits per heavy atom. The third kappa shape index (κ3) is 11.8. The van der Waals surface area contributed by atoms with Gasteiger partial charge in [-0.15, -0.1) is 22.7 Å². The molecule has 0 radical (unpaired) electrons. The normalized spacial score (nSPS) is 11.5. The number of para-hydroxylation sites is 2. The Bertz CT molecular complexity index is 6750. The molecule has 108 heavy (non-hydrogen) atoms. The summed E-state index contributed by atoms with van der Waals surface area (Å²) in [5.41, 5.74) is 27.9. The van der Waals surface area contributed by atoms with Crippen molar-refractivity contribution in [2.45, 2.75) is 0 Å². The lowest BCUT2D eigenvalue weighted by atomic mass is 9.93. The first-order valence-corrected chi connectivity index (χ1v) is 38.6. The van der Waals surface area contributed by atoms with Gasteiger partial charge >= 0.3 is 0 Å². The number of hydrogen-bond acceptors (Lipinski definition) is 4. The van der Waals surface area contributed by atoms with E-state index >= 15 is 0 Å². The van der Waals surface area contributed by atoms with Gasteiger partial charge in [-0.2, -0.15) is 0 Å². The fourth-order valence-corrected chi connectivity index (χ4v) is 18.5. The van der Waals surface area contributed by atoms with Crippen molar-refractivity contribution >= 4 is 119 Å². The number of rotatable bonds is 15. The Hall–Kier alpha value is -13.5. The smallest absolute Gasteiger partial charge is 0.0540 e. The van der Waals surface area contributed by atoms with Crippen LogP contribution in [-0.4, -0.2) is 0 Å². The van der Waals surface area contributed by atoms with Gasteiger partial charge in [0.15, 0.2) is 0 Å². The van der Waals surface area contributed by atoms with Crippen LogP contribution in [0.15, 0.2) is 413 Å². The molecule has 18 aromatic carbocycles. The number of benzene rings is 18. The van der Waals surface area contributed by atoms with E-state index in [1.807, 2.05) is 22.7 Å². The van der Waals surface area contributed by atoms with E-state index in [0.29, 0.717) is 0 Å². The maximum atomic E-state index is 2.45. The highest BCUT2D eigenvalue weighted by molar-refractivity contribution is 7.26. The maximum Gasteiger partial charge on any atom is 0.0540 e. The number of thiophene rings is 2. The summed E-state index contributed by atoms with van der Waals surface area (Å²) in [5, 5.41) is 10.0. The third-order valence-corrected chi connectivity index (χ3v) is 23.8. The molecule has 0 aliphatic rings. The minimum atomic E-state index is 1.08. The standard InChI is InChI=1S/C104H68N2S2/c1-3-20-69(21-4-1)72-50-58-83(59-51-72)105(97-37-12-9-30-91(97)93-35-18-40-101-103(93)95-32-11-14-39-99(95)107-101)84-60-54-74(55-61-84)71-42-46-78(47-43-71)89-34-17-27-82-66-80(56-64-90(82)89)81-57-65-100-96(68-81)104-94(36-19-41-102(104)108-100)92-31-10-13-38-98(92)106(85-62-52-73(53-63-85)70-22-5-2-6-23-70)86-28-15-26-79(67-86)75-44-48-77(49-45-75)88-33-16-25-76-24-7-8-29-87(76)88/h1-68H. The second-order valence-corrected chi connectivity index (χ2v) is 30.0. The van der Waals surface area contributed by atoms with Gasteiger partial charge in [0.25, 0.3) is 0 Å². The molecule has 0 aliphatic carbocycles. The Morgan fingerprint density at radius 1 is 0.157 bits per heavy atom. The van der Waals surface area contributed by atoms with Crippen LogP contribution < -0.4 is 9.80 Å². The number of fused-ring (bicyclic) bond motifs is 8. The molecule has 0 fully saturated rings. The second-order valence-electron chi connectivity index (χ2n) is 27.8. The van der Waals surface area contributed by atoms with Crippen molar-refractivity contribution in [1.29, 1.82) is 0 Å². The van der Waals surface area contributed by atoms with Crippen LogP contribution in [0.3, 0.4) is 0 Å². The van der Waals surface area contributed by atoms with E-state index in [9.17, 15) is 0 Å². The molecule has 506 valence electrons. The van der Waals surface area contributed by atoms with Gasteiger partial charge in [0, 0.05) is 74.2 Å². The van der Waals surface area contributed by atoms with Crippen LogP contribution >= 0.6 is 22.7 Å². The highest BCUT2D eigenvalue weighted by Gasteiger charge is 2.24. The van der Waals surface area contributed by atoms with Gasteiger partial charge in [0.2, 0.25) is 0 Å². The largest absolute Gasteiger partial charge is 0.310 e. The van der Waals surface area contributed by atoms with Crippen LogP contribution in [0.1, 0.15) is 0 Å². The van der Waals surface area contributed by atoms with Crippen LogP contribution in [0.25, 0.3) is 162 Å². The first-order valence-electron chi connectivity index (χ1n) is 36.9. The van der Waals surface area contributed by atoms with Crippen LogP contribution in [-0.2, 0) is 0 Å². The second kappa shape index (κ2) is 27.5. The molecule has 0 atom stereocenters. The van der Waals surface area contributed by atoms with Crippen LogP contribution in [0.5, 0.6) is 0 Å². The lowest BCUT2D eigenvalue weighted by Crippen LogP contribution is -2.11. The van der Waals surface area contributed by atoms with Gasteiger partial charge in [-0.3, -0.25) is 0 Å². The lowest BCUT2D eigenvalue weighted by molar-refractivity contribution is 1.28. The maximum absolute atomic E-state index is 2.45. The van der Waals surface area contributed by atoms with Crippen molar-refractivity contribution in [3.8, 4) is 100 Å². The van der Waals surface area contributed by atoms with E-state index < -0.39 is 0 Å². The molecule has 0 N–H and O–H groups in total. The fourth-order valence-electron chi connectivity index (χ4n) is 16.2. The van der Waals surface area contributed by atoms with Gasteiger partial charge in [-0.25, -0.2) is 0 Å². The molecule has 0 spiro atoms. The van der Waals surface area contributed by atoms with Crippen LogP contribution in [0.2, 0.25) is 0 Å². The van der Waals surface area contributed by atoms with Crippen molar-refractivity contribution < 1.29 is 0 Å². The molecule has 2 heterocycles. The van der Waals surface area contributed by atoms with Gasteiger partial charge in [0.1, 0.15) is 0 Å². The van der Waals surface area contributed by atoms with E-state index in [2.05, 4.69) is 422 Å². The Balaban J connectivity index is 0.613. The molecule has 4 heteroatoms. The molecule has 0 saturated heterocycles. The number of nitrogens with zero attached hydrogens (tertiary/aromatic N) is 2. The minimum absolute atomic E-state index is 1.08. The quantitative estimate of drug-likeness (QED) is 0.101. The molecular weight excluding hydrogens is 1340 g/mol. The Morgan fingerprint density at radius 2 is 0.491 bits per heavy atom. The predicted molar refractivity (Wildman–Crippen MR) is 466 cm³/mol. The SMILES string of the molecule is c1ccc(-c2ccc(N(c3ccc(-c4ccc(-c5cccc6cc(-c7ccc8sc9cccc(-c%10ccccc%10N(c%10ccc(-c%11ccccc%11)cc%10)c%10cccc(-c%11ccc(-c%12cccc%13ccccc%12%13)cc%11)c%10)c9c8c7)ccc56)cc4)cc3)c3ccccc3-c3cccc4sc5ccccc5c34)cc2)cc1. The lowest BCUT2D eigenvalue weighted by Gasteiger charge is -2.28. The summed E-state index contributed by atoms with van der Waals surface area (Å²) in [6.07, 6.45) is 0. The van der Waals surface area contributed by atoms with Crippen molar-refractivity contribution in [3.63, 3.8) is 0 Å². The summed E-state index contributed by atoms with van der Waals surface area (Å²) < 4.78 is 5.11. The number of hydrogen-bond donors (Lipinski definition) is 0. The molecule has 2 nitrogen and oxygen atoms in total. The molecule has 0 aliphatic heterocycles. The van der Waals surface area contributed by atoms with Gasteiger partial charge in [-0.1, -0.05) is 315 Å². The first kappa shape index (κ1) is 64.1. The monoisotopic (exact) mass is 1410 g/mol.